The Bertz CT molecular complexity index is 645. The molecule has 1 amide bonds. The first-order valence-electron chi connectivity index (χ1n) is 7.76. The molecule has 3 heteroatoms. The van der Waals surface area contributed by atoms with E-state index in [1.165, 1.54) is 0 Å². The zero-order chi connectivity index (χ0) is 15.4. The number of hydrogen-bond donors (Lipinski definition) is 1. The highest BCUT2D eigenvalue weighted by Gasteiger charge is 2.42. The molecule has 1 aliphatic carbocycles. The maximum atomic E-state index is 13.0. The maximum absolute atomic E-state index is 13.0. The molecule has 2 aromatic rings. The predicted molar refractivity (Wildman–Crippen MR) is 88.2 cm³/mol. The van der Waals surface area contributed by atoms with Crippen LogP contribution in [-0.2, 0) is 10.2 Å². The summed E-state index contributed by atoms with van der Waals surface area (Å²) < 4.78 is 5.33. The highest BCUT2D eigenvalue weighted by Crippen LogP contribution is 2.42. The summed E-state index contributed by atoms with van der Waals surface area (Å²) in [5.74, 6) is 0.762. The molecule has 0 unspecified atom stereocenters. The fourth-order valence-electron chi connectivity index (χ4n) is 3.37. The van der Waals surface area contributed by atoms with E-state index in [1.807, 2.05) is 42.5 Å². The van der Waals surface area contributed by atoms with Gasteiger partial charge in [0, 0.05) is 0 Å². The molecule has 0 radical (unpaired) electrons. The molecule has 3 nitrogen and oxygen atoms in total. The monoisotopic (exact) mass is 295 g/mol. The summed E-state index contributed by atoms with van der Waals surface area (Å²) in [6.07, 6.45) is 3.98. The zero-order valence-electron chi connectivity index (χ0n) is 12.8. The van der Waals surface area contributed by atoms with E-state index in [4.69, 9.17) is 4.74 Å². The molecule has 0 aromatic heterocycles. The van der Waals surface area contributed by atoms with Gasteiger partial charge in [-0.15, -0.1) is 0 Å². The normalized spacial score (nSPS) is 16.2. The van der Waals surface area contributed by atoms with E-state index in [2.05, 4.69) is 17.4 Å². The Balaban J connectivity index is 1.91. The number of carbonyl (C=O) groups excluding carboxylic acids is 1. The van der Waals surface area contributed by atoms with E-state index in [9.17, 15) is 4.79 Å². The third-order valence-corrected chi connectivity index (χ3v) is 4.57. The van der Waals surface area contributed by atoms with Crippen LogP contribution in [0, 0.1) is 0 Å². The largest absolute Gasteiger partial charge is 0.495 e. The van der Waals surface area contributed by atoms with Gasteiger partial charge in [-0.25, -0.2) is 0 Å². The second-order valence-corrected chi connectivity index (χ2v) is 5.81. The van der Waals surface area contributed by atoms with Crippen LogP contribution in [0.2, 0.25) is 0 Å². The molecule has 0 bridgehead atoms. The lowest BCUT2D eigenvalue weighted by atomic mass is 9.78. The molecule has 3 rings (SSSR count). The van der Waals surface area contributed by atoms with Gasteiger partial charge in [0.1, 0.15) is 5.75 Å². The topological polar surface area (TPSA) is 38.3 Å². The average molecular weight is 295 g/mol. The van der Waals surface area contributed by atoms with Crippen LogP contribution in [0.15, 0.2) is 54.6 Å². The molecule has 0 spiro atoms. The number of carbonyl (C=O) groups is 1. The lowest BCUT2D eigenvalue weighted by Crippen LogP contribution is -2.38. The first-order valence-corrected chi connectivity index (χ1v) is 7.76. The number of ether oxygens (including phenoxy) is 1. The molecule has 1 N–H and O–H groups in total. The van der Waals surface area contributed by atoms with Crippen molar-refractivity contribution < 1.29 is 9.53 Å². The molecule has 2 aromatic carbocycles. The Morgan fingerprint density at radius 1 is 1.00 bits per heavy atom. The Kier molecular flexibility index (Phi) is 4.14. The zero-order valence-corrected chi connectivity index (χ0v) is 12.8. The predicted octanol–water partition coefficient (Wildman–Crippen LogP) is 4.15. The van der Waals surface area contributed by atoms with Crippen LogP contribution >= 0.6 is 0 Å². The maximum Gasteiger partial charge on any atom is 0.235 e. The van der Waals surface area contributed by atoms with Crippen molar-refractivity contribution in [1.82, 2.24) is 0 Å². The summed E-state index contributed by atoms with van der Waals surface area (Å²) >= 11 is 0. The van der Waals surface area contributed by atoms with Crippen molar-refractivity contribution in [3.8, 4) is 5.75 Å². The van der Waals surface area contributed by atoms with E-state index in [0.717, 1.165) is 36.9 Å². The summed E-state index contributed by atoms with van der Waals surface area (Å²) in [7, 11) is 1.62. The van der Waals surface area contributed by atoms with Gasteiger partial charge in [0.25, 0.3) is 0 Å². The van der Waals surface area contributed by atoms with E-state index < -0.39 is 5.41 Å². The number of hydrogen-bond acceptors (Lipinski definition) is 2. The van der Waals surface area contributed by atoms with Crippen LogP contribution < -0.4 is 10.1 Å². The summed E-state index contributed by atoms with van der Waals surface area (Å²) in [4.78, 5) is 13.0. The molecular weight excluding hydrogens is 274 g/mol. The van der Waals surface area contributed by atoms with Gasteiger partial charge >= 0.3 is 0 Å². The van der Waals surface area contributed by atoms with Crippen molar-refractivity contribution in [1.29, 1.82) is 0 Å². The number of benzene rings is 2. The third kappa shape index (κ3) is 2.59. The fourth-order valence-corrected chi connectivity index (χ4v) is 3.37. The molecule has 1 fully saturated rings. The van der Waals surface area contributed by atoms with E-state index in [-0.39, 0.29) is 5.91 Å². The van der Waals surface area contributed by atoms with Crippen LogP contribution in [0.3, 0.4) is 0 Å². The van der Waals surface area contributed by atoms with E-state index in [1.54, 1.807) is 7.11 Å². The van der Waals surface area contributed by atoms with E-state index in [0.29, 0.717) is 5.75 Å². The second-order valence-electron chi connectivity index (χ2n) is 5.81. The Labute approximate surface area is 131 Å². The van der Waals surface area contributed by atoms with Crippen molar-refractivity contribution in [3.63, 3.8) is 0 Å². The van der Waals surface area contributed by atoms with Gasteiger partial charge in [-0.1, -0.05) is 55.3 Å². The van der Waals surface area contributed by atoms with Crippen molar-refractivity contribution in [3.05, 3.63) is 60.2 Å². The number of amides is 1. The van der Waals surface area contributed by atoms with Crippen molar-refractivity contribution >= 4 is 11.6 Å². The SMILES string of the molecule is COc1ccccc1NC(=O)C1(c2ccccc2)CCCC1. The van der Waals surface area contributed by atoms with Crippen molar-refractivity contribution in [2.45, 2.75) is 31.1 Å². The highest BCUT2D eigenvalue weighted by atomic mass is 16.5. The van der Waals surface area contributed by atoms with Gasteiger partial charge in [-0.2, -0.15) is 0 Å². The number of para-hydroxylation sites is 2. The third-order valence-electron chi connectivity index (χ3n) is 4.57. The average Bonchev–Trinajstić information content (AvgIpc) is 3.07. The fraction of sp³-hybridized carbons (Fsp3) is 0.316. The molecule has 0 aliphatic heterocycles. The second kappa shape index (κ2) is 6.22. The van der Waals surface area contributed by atoms with Crippen LogP contribution in [0.1, 0.15) is 31.2 Å². The highest BCUT2D eigenvalue weighted by molar-refractivity contribution is 6.00. The van der Waals surface area contributed by atoms with Gasteiger partial charge in [0.05, 0.1) is 18.2 Å². The van der Waals surface area contributed by atoms with Gasteiger partial charge < -0.3 is 10.1 Å². The Hall–Kier alpha value is -2.29. The van der Waals surface area contributed by atoms with Crippen LogP contribution in [0.4, 0.5) is 5.69 Å². The molecule has 0 saturated heterocycles. The summed E-state index contributed by atoms with van der Waals surface area (Å²) in [5, 5.41) is 3.08. The van der Waals surface area contributed by atoms with Gasteiger partial charge in [-0.05, 0) is 30.5 Å². The lowest BCUT2D eigenvalue weighted by molar-refractivity contribution is -0.121. The Morgan fingerprint density at radius 3 is 2.32 bits per heavy atom. The van der Waals surface area contributed by atoms with Gasteiger partial charge in [0.15, 0.2) is 0 Å². The number of anilines is 1. The first kappa shape index (κ1) is 14.6. The van der Waals surface area contributed by atoms with E-state index >= 15 is 0 Å². The standard InChI is InChI=1S/C19H21NO2/c1-22-17-12-6-5-11-16(17)20-18(21)19(13-7-8-14-19)15-9-3-2-4-10-15/h2-6,9-12H,7-8,13-14H2,1H3,(H,20,21). The minimum atomic E-state index is -0.415. The number of methoxy groups -OCH3 is 1. The summed E-state index contributed by atoms with van der Waals surface area (Å²) in [6.45, 7) is 0. The van der Waals surface area contributed by atoms with Crippen molar-refractivity contribution in [2.75, 3.05) is 12.4 Å². The molecule has 114 valence electrons. The van der Waals surface area contributed by atoms with Gasteiger partial charge in [0.2, 0.25) is 5.91 Å². The van der Waals surface area contributed by atoms with Gasteiger partial charge in [-0.3, -0.25) is 4.79 Å². The molecule has 1 saturated carbocycles. The van der Waals surface area contributed by atoms with Crippen molar-refractivity contribution in [2.24, 2.45) is 0 Å². The summed E-state index contributed by atoms with van der Waals surface area (Å²) in [5.41, 5.74) is 1.43. The van der Waals surface area contributed by atoms with Crippen LogP contribution in [-0.4, -0.2) is 13.0 Å². The Morgan fingerprint density at radius 2 is 1.64 bits per heavy atom. The molecule has 0 heterocycles. The number of nitrogens with one attached hydrogen (secondary N) is 1. The van der Waals surface area contributed by atoms with Crippen LogP contribution in [0.25, 0.3) is 0 Å². The molecular formula is C19H21NO2. The molecule has 0 atom stereocenters. The molecule has 22 heavy (non-hydrogen) atoms. The lowest BCUT2D eigenvalue weighted by Gasteiger charge is -2.28. The van der Waals surface area contributed by atoms with Crippen LogP contribution in [0.5, 0.6) is 5.75 Å². The first-order chi connectivity index (χ1) is 10.8. The smallest absolute Gasteiger partial charge is 0.235 e. The minimum absolute atomic E-state index is 0.0701. The summed E-state index contributed by atoms with van der Waals surface area (Å²) in [6, 6.07) is 17.7. The molecule has 1 aliphatic rings. The minimum Gasteiger partial charge on any atom is -0.495 e. The number of rotatable bonds is 4. The quantitative estimate of drug-likeness (QED) is 0.920.